The molecule has 0 radical (unpaired) electrons. The van der Waals surface area contributed by atoms with Crippen LogP contribution in [0.4, 0.5) is 11.4 Å². The van der Waals surface area contributed by atoms with Crippen molar-refractivity contribution in [2.45, 2.75) is 57.5 Å². The molecule has 0 atom stereocenters. The maximum absolute atomic E-state index is 12.8. The van der Waals surface area contributed by atoms with Crippen LogP contribution in [0.3, 0.4) is 0 Å². The second-order valence-corrected chi connectivity index (χ2v) is 6.55. The highest BCUT2D eigenvalue weighted by Gasteiger charge is 2.49. The molecule has 1 aliphatic carbocycles. The van der Waals surface area contributed by atoms with Crippen molar-refractivity contribution in [1.29, 1.82) is 0 Å². The average Bonchev–Trinajstić information content (AvgIpc) is 2.42. The minimum Gasteiger partial charge on any atom is -0.353 e. The van der Waals surface area contributed by atoms with Crippen LogP contribution in [0.25, 0.3) is 0 Å². The zero-order valence-electron chi connectivity index (χ0n) is 12.1. The maximum Gasteiger partial charge on any atom is 0.250 e. The number of benzene rings is 1. The number of hydrogen-bond donors (Lipinski definition) is 1. The van der Waals surface area contributed by atoms with E-state index in [9.17, 15) is 4.79 Å². The van der Waals surface area contributed by atoms with Gasteiger partial charge in [0.05, 0.1) is 16.4 Å². The van der Waals surface area contributed by atoms with E-state index < -0.39 is 0 Å². The SMILES string of the molecule is CC(C)N1c2cccc(Cl)c2NC(=O)C12CCCCC2. The number of amides is 1. The number of carbonyl (C=O) groups excluding carboxylic acids is 1. The molecule has 1 aromatic carbocycles. The van der Waals surface area contributed by atoms with Gasteiger partial charge in [0.2, 0.25) is 5.91 Å². The maximum atomic E-state index is 12.8. The lowest BCUT2D eigenvalue weighted by molar-refractivity contribution is -0.123. The fraction of sp³-hybridized carbons (Fsp3) is 0.562. The molecule has 20 heavy (non-hydrogen) atoms. The Labute approximate surface area is 125 Å². The Balaban J connectivity index is 2.15. The van der Waals surface area contributed by atoms with Crippen LogP contribution in [0.15, 0.2) is 18.2 Å². The van der Waals surface area contributed by atoms with Gasteiger partial charge in [-0.05, 0) is 38.8 Å². The summed E-state index contributed by atoms with van der Waals surface area (Å²) >= 11 is 6.26. The van der Waals surface area contributed by atoms with Gasteiger partial charge in [0.15, 0.2) is 0 Å². The minimum atomic E-state index is -0.385. The van der Waals surface area contributed by atoms with Crippen molar-refractivity contribution in [3.05, 3.63) is 23.2 Å². The third-order valence-electron chi connectivity index (χ3n) is 4.57. The molecule has 2 aliphatic rings. The fourth-order valence-corrected chi connectivity index (χ4v) is 4.00. The van der Waals surface area contributed by atoms with Gasteiger partial charge < -0.3 is 10.2 Å². The lowest BCUT2D eigenvalue weighted by atomic mass is 9.77. The lowest BCUT2D eigenvalue weighted by Gasteiger charge is -2.52. The molecule has 0 unspecified atom stereocenters. The summed E-state index contributed by atoms with van der Waals surface area (Å²) in [6.07, 6.45) is 5.33. The molecule has 0 saturated heterocycles. The first-order chi connectivity index (χ1) is 9.56. The molecular weight excluding hydrogens is 272 g/mol. The van der Waals surface area contributed by atoms with Crippen molar-refractivity contribution >= 4 is 28.9 Å². The molecule has 0 bridgehead atoms. The molecule has 1 saturated carbocycles. The normalized spacial score (nSPS) is 21.0. The molecule has 3 rings (SSSR count). The monoisotopic (exact) mass is 292 g/mol. The molecule has 3 nitrogen and oxygen atoms in total. The van der Waals surface area contributed by atoms with Crippen LogP contribution in [-0.2, 0) is 4.79 Å². The van der Waals surface area contributed by atoms with Crippen molar-refractivity contribution in [3.8, 4) is 0 Å². The van der Waals surface area contributed by atoms with Crippen molar-refractivity contribution in [1.82, 2.24) is 0 Å². The van der Waals surface area contributed by atoms with Gasteiger partial charge in [-0.3, -0.25) is 4.79 Å². The Morgan fingerprint density at radius 2 is 1.95 bits per heavy atom. The summed E-state index contributed by atoms with van der Waals surface area (Å²) in [5.74, 6) is 0.117. The number of fused-ring (bicyclic) bond motifs is 1. The van der Waals surface area contributed by atoms with E-state index in [0.29, 0.717) is 5.02 Å². The topological polar surface area (TPSA) is 32.3 Å². The number of rotatable bonds is 1. The Morgan fingerprint density at radius 1 is 1.25 bits per heavy atom. The Bertz CT molecular complexity index is 535. The summed E-state index contributed by atoms with van der Waals surface area (Å²) in [4.78, 5) is 15.1. The standard InChI is InChI=1S/C16H21ClN2O/c1-11(2)19-13-8-6-7-12(17)14(13)18-15(20)16(19)9-4-3-5-10-16/h6-8,11H,3-5,9-10H2,1-2H3,(H,18,20). The first-order valence-corrected chi connectivity index (χ1v) is 7.83. The molecule has 108 valence electrons. The molecule has 1 N–H and O–H groups in total. The zero-order chi connectivity index (χ0) is 14.3. The molecule has 1 heterocycles. The van der Waals surface area contributed by atoms with Crippen LogP contribution in [0.5, 0.6) is 0 Å². The van der Waals surface area contributed by atoms with E-state index in [-0.39, 0.29) is 17.5 Å². The van der Waals surface area contributed by atoms with Crippen molar-refractivity contribution in [3.63, 3.8) is 0 Å². The van der Waals surface area contributed by atoms with Crippen molar-refractivity contribution in [2.24, 2.45) is 0 Å². The molecular formula is C16H21ClN2O. The predicted molar refractivity (Wildman–Crippen MR) is 83.5 cm³/mol. The largest absolute Gasteiger partial charge is 0.353 e. The number of para-hydroxylation sites is 1. The van der Waals surface area contributed by atoms with Gasteiger partial charge in [-0.15, -0.1) is 0 Å². The molecule has 0 aromatic heterocycles. The van der Waals surface area contributed by atoms with Gasteiger partial charge in [0, 0.05) is 6.04 Å². The van der Waals surface area contributed by atoms with Gasteiger partial charge in [0.1, 0.15) is 5.54 Å². The van der Waals surface area contributed by atoms with E-state index >= 15 is 0 Å². The number of hydrogen-bond acceptors (Lipinski definition) is 2. The Hall–Kier alpha value is -1.22. The second kappa shape index (κ2) is 4.96. The fourth-order valence-electron chi connectivity index (χ4n) is 3.78. The first-order valence-electron chi connectivity index (χ1n) is 7.45. The highest BCUT2D eigenvalue weighted by atomic mass is 35.5. The van der Waals surface area contributed by atoms with Gasteiger partial charge in [-0.25, -0.2) is 0 Å². The summed E-state index contributed by atoms with van der Waals surface area (Å²) in [6, 6.07) is 6.14. The molecule has 1 spiro atoms. The number of halogens is 1. The smallest absolute Gasteiger partial charge is 0.250 e. The van der Waals surface area contributed by atoms with E-state index in [4.69, 9.17) is 11.6 Å². The summed E-state index contributed by atoms with van der Waals surface area (Å²) < 4.78 is 0. The predicted octanol–water partition coefficient (Wildman–Crippen LogP) is 4.21. The van der Waals surface area contributed by atoms with Crippen LogP contribution in [-0.4, -0.2) is 17.5 Å². The Kier molecular flexibility index (Phi) is 3.41. The van der Waals surface area contributed by atoms with Crippen LogP contribution in [0.1, 0.15) is 46.0 Å². The highest BCUT2D eigenvalue weighted by Crippen LogP contribution is 2.47. The first kappa shape index (κ1) is 13.7. The van der Waals surface area contributed by atoms with Gasteiger partial charge in [0.25, 0.3) is 0 Å². The van der Waals surface area contributed by atoms with Gasteiger partial charge >= 0.3 is 0 Å². The molecule has 1 fully saturated rings. The van der Waals surface area contributed by atoms with Crippen molar-refractivity contribution in [2.75, 3.05) is 10.2 Å². The Morgan fingerprint density at radius 3 is 2.60 bits per heavy atom. The molecule has 1 amide bonds. The van der Waals surface area contributed by atoms with Crippen LogP contribution in [0, 0.1) is 0 Å². The van der Waals surface area contributed by atoms with Gasteiger partial charge in [-0.1, -0.05) is 36.9 Å². The number of carbonyl (C=O) groups is 1. The number of nitrogens with zero attached hydrogens (tertiary/aromatic N) is 1. The molecule has 1 aromatic rings. The van der Waals surface area contributed by atoms with E-state index in [0.717, 1.165) is 37.1 Å². The van der Waals surface area contributed by atoms with Gasteiger partial charge in [-0.2, -0.15) is 0 Å². The third-order valence-corrected chi connectivity index (χ3v) is 4.89. The molecule has 4 heteroatoms. The van der Waals surface area contributed by atoms with E-state index in [2.05, 4.69) is 30.1 Å². The molecule has 1 aliphatic heterocycles. The number of nitrogens with one attached hydrogen (secondary N) is 1. The van der Waals surface area contributed by atoms with Crippen LogP contribution < -0.4 is 10.2 Å². The summed E-state index contributed by atoms with van der Waals surface area (Å²) in [5, 5.41) is 3.68. The third kappa shape index (κ3) is 1.91. The van der Waals surface area contributed by atoms with Crippen molar-refractivity contribution < 1.29 is 4.79 Å². The second-order valence-electron chi connectivity index (χ2n) is 6.14. The van der Waals surface area contributed by atoms with E-state index in [1.54, 1.807) is 0 Å². The summed E-state index contributed by atoms with van der Waals surface area (Å²) in [7, 11) is 0. The number of anilines is 2. The van der Waals surface area contributed by atoms with Crippen LogP contribution >= 0.6 is 11.6 Å². The van der Waals surface area contributed by atoms with E-state index in [1.165, 1.54) is 6.42 Å². The highest BCUT2D eigenvalue weighted by molar-refractivity contribution is 6.35. The average molecular weight is 293 g/mol. The van der Waals surface area contributed by atoms with Crippen LogP contribution in [0.2, 0.25) is 5.02 Å². The minimum absolute atomic E-state index is 0.117. The quantitative estimate of drug-likeness (QED) is 0.841. The summed E-state index contributed by atoms with van der Waals surface area (Å²) in [6.45, 7) is 4.30. The summed E-state index contributed by atoms with van der Waals surface area (Å²) in [5.41, 5.74) is 1.45. The van der Waals surface area contributed by atoms with E-state index in [1.807, 2.05) is 12.1 Å². The zero-order valence-corrected chi connectivity index (χ0v) is 12.8. The lowest BCUT2D eigenvalue weighted by Crippen LogP contribution is -2.63.